The molecule has 0 saturated carbocycles. The van der Waals surface area contributed by atoms with Gasteiger partial charge in [-0.1, -0.05) is 42.1 Å². The minimum Gasteiger partial charge on any atom is -0.507 e. The van der Waals surface area contributed by atoms with Crippen molar-refractivity contribution < 1.29 is 19.4 Å². The molecule has 4 nitrogen and oxygen atoms in total. The molecule has 0 bridgehead atoms. The Morgan fingerprint density at radius 1 is 0.929 bits per heavy atom. The zero-order valence-corrected chi connectivity index (χ0v) is 19.2. The monoisotopic (exact) mass is 576 g/mol. The second-order valence-corrected chi connectivity index (χ2v) is 7.04. The average Bonchev–Trinajstić information content (AvgIpc) is 2.69. The number of phenols is 1. The highest BCUT2D eigenvalue weighted by Gasteiger charge is 2.00. The van der Waals surface area contributed by atoms with Crippen molar-refractivity contribution in [1.82, 2.24) is 0 Å². The average molecular weight is 579 g/mol. The maximum atomic E-state index is 10.4. The first-order valence-electron chi connectivity index (χ1n) is 7.52. The first-order valence-corrected chi connectivity index (χ1v) is 10.2. The summed E-state index contributed by atoms with van der Waals surface area (Å²) in [4.78, 5) is 20.6. The van der Waals surface area contributed by atoms with E-state index in [-0.39, 0.29) is 13.2 Å². The number of allylic oxidation sites excluding steroid dienone is 1. The van der Waals surface area contributed by atoms with Crippen molar-refractivity contribution >= 4 is 60.4 Å². The van der Waals surface area contributed by atoms with Gasteiger partial charge in [-0.15, -0.1) is 6.58 Å². The van der Waals surface area contributed by atoms with Crippen LogP contribution in [0.5, 0.6) is 11.5 Å². The first-order chi connectivity index (χ1) is 12.9. The molecule has 1 N–H and O–H groups in total. The highest BCUT2D eigenvalue weighted by Crippen LogP contribution is 2.25. The highest BCUT2D eigenvalue weighted by atomic mass is 79.9. The molecule has 0 aliphatic carbocycles. The Morgan fingerprint density at radius 2 is 1.43 bits per heavy atom. The van der Waals surface area contributed by atoms with Gasteiger partial charge in [-0.3, -0.25) is 9.59 Å². The van der Waals surface area contributed by atoms with Gasteiger partial charge >= 0.3 is 0 Å². The molecule has 2 aromatic rings. The fourth-order valence-electron chi connectivity index (χ4n) is 1.45. The molecule has 0 unspecified atom stereocenters. The number of benzene rings is 2. The van der Waals surface area contributed by atoms with E-state index in [0.717, 1.165) is 22.4 Å². The van der Waals surface area contributed by atoms with Crippen LogP contribution in [0.25, 0.3) is 0 Å². The molecule has 0 radical (unpaired) electrons. The fraction of sp³-hybridized carbons (Fsp3) is 0.143. The van der Waals surface area contributed by atoms with Gasteiger partial charge in [0.2, 0.25) is 0 Å². The molecule has 0 aromatic heterocycles. The van der Waals surface area contributed by atoms with Gasteiger partial charge in [0.25, 0.3) is 0 Å². The van der Waals surface area contributed by atoms with Crippen molar-refractivity contribution in [2.75, 3.05) is 11.9 Å². The molecule has 2 aromatic carbocycles. The molecule has 28 heavy (non-hydrogen) atoms. The van der Waals surface area contributed by atoms with Crippen LogP contribution in [0.2, 0.25) is 0 Å². The molecule has 0 atom stereocenters. The number of phenolic OH excluding ortho intramolecular Hbond substituents is 1. The summed E-state index contributed by atoms with van der Waals surface area (Å²) in [6, 6.07) is 9.74. The van der Waals surface area contributed by atoms with Crippen LogP contribution < -0.4 is 4.74 Å². The molecule has 7 heteroatoms. The van der Waals surface area contributed by atoms with Crippen LogP contribution in [0.3, 0.4) is 0 Å². The zero-order valence-electron chi connectivity index (χ0n) is 14.4. The van der Waals surface area contributed by atoms with Crippen LogP contribution in [-0.4, -0.2) is 29.6 Å². The Balaban J connectivity index is 0. The Morgan fingerprint density at radius 3 is 1.82 bits per heavy atom. The number of aromatic hydroxyl groups is 1. The predicted octanol–water partition coefficient (Wildman–Crippen LogP) is 7.00. The maximum absolute atomic E-state index is 10.4. The minimum atomic E-state index is 0. The third kappa shape index (κ3) is 11.9. The molecular formula is C21H23Br3O4. The molecule has 0 saturated heterocycles. The number of hydrogen-bond acceptors (Lipinski definition) is 4. The minimum absolute atomic E-state index is 0. The standard InChI is InChI=1S/C10H9BrO2.C7H5BrO2.C3H5Br.CH4/c1-2-5-13-10-4-3-8(7-12)6-9(10)11;8-6-3-5(4-9)1-2-7(6)10;1-2-3-4;/h2-4,6-7H,1,5H2;1-4,10H;2H,1,3H2;1H4. The highest BCUT2D eigenvalue weighted by molar-refractivity contribution is 9.11. The van der Waals surface area contributed by atoms with Crippen LogP contribution in [0.4, 0.5) is 0 Å². The number of rotatable bonds is 6. The summed E-state index contributed by atoms with van der Waals surface area (Å²) in [7, 11) is 0. The number of carbonyl (C=O) groups is 2. The van der Waals surface area contributed by atoms with Crippen LogP contribution in [0.1, 0.15) is 28.1 Å². The summed E-state index contributed by atoms with van der Waals surface area (Å²) in [6.07, 6.45) is 4.98. The van der Waals surface area contributed by atoms with Crippen LogP contribution in [0.15, 0.2) is 70.7 Å². The SMILES string of the molecule is C.C=CCBr.C=CCOc1ccc(C=O)cc1Br.O=Cc1ccc(O)c(Br)c1. The third-order valence-electron chi connectivity index (χ3n) is 2.67. The Bertz CT molecular complexity index is 761. The summed E-state index contributed by atoms with van der Waals surface area (Å²) in [6.45, 7) is 7.43. The molecule has 0 heterocycles. The van der Waals surface area contributed by atoms with Gasteiger partial charge in [-0.2, -0.15) is 0 Å². The molecule has 2 rings (SSSR count). The van der Waals surface area contributed by atoms with E-state index >= 15 is 0 Å². The quantitative estimate of drug-likeness (QED) is 0.228. The lowest BCUT2D eigenvalue weighted by molar-refractivity contribution is 0.111. The van der Waals surface area contributed by atoms with Crippen molar-refractivity contribution in [3.8, 4) is 11.5 Å². The number of alkyl halides is 1. The number of halogens is 3. The van der Waals surface area contributed by atoms with E-state index in [0.29, 0.717) is 28.0 Å². The van der Waals surface area contributed by atoms with E-state index in [1.165, 1.54) is 6.07 Å². The zero-order chi connectivity index (χ0) is 20.7. The molecule has 0 aliphatic heterocycles. The van der Waals surface area contributed by atoms with Crippen LogP contribution in [0, 0.1) is 0 Å². The Kier molecular flexibility index (Phi) is 17.7. The maximum Gasteiger partial charge on any atom is 0.150 e. The smallest absolute Gasteiger partial charge is 0.150 e. The lowest BCUT2D eigenvalue weighted by atomic mass is 10.2. The second kappa shape index (κ2) is 17.4. The largest absolute Gasteiger partial charge is 0.507 e. The molecule has 0 fully saturated rings. The molecule has 0 spiro atoms. The normalized spacial score (nSPS) is 8.54. The summed E-state index contributed by atoms with van der Waals surface area (Å²) in [5.74, 6) is 0.858. The van der Waals surface area contributed by atoms with Crippen molar-refractivity contribution in [2.24, 2.45) is 0 Å². The number of ether oxygens (including phenoxy) is 1. The van der Waals surface area contributed by atoms with E-state index in [2.05, 4.69) is 60.9 Å². The molecule has 152 valence electrons. The summed E-state index contributed by atoms with van der Waals surface area (Å²) < 4.78 is 6.62. The topological polar surface area (TPSA) is 63.6 Å². The molecule has 0 aliphatic rings. The summed E-state index contributed by atoms with van der Waals surface area (Å²) >= 11 is 9.51. The van der Waals surface area contributed by atoms with Crippen LogP contribution >= 0.6 is 47.8 Å². The van der Waals surface area contributed by atoms with Crippen molar-refractivity contribution in [1.29, 1.82) is 0 Å². The van der Waals surface area contributed by atoms with Gasteiger partial charge < -0.3 is 9.84 Å². The predicted molar refractivity (Wildman–Crippen MR) is 127 cm³/mol. The molecule has 0 amide bonds. The van der Waals surface area contributed by atoms with E-state index in [9.17, 15) is 9.59 Å². The van der Waals surface area contributed by atoms with E-state index < -0.39 is 0 Å². The lowest BCUT2D eigenvalue weighted by Crippen LogP contribution is -1.94. The van der Waals surface area contributed by atoms with Gasteiger partial charge in [0.1, 0.15) is 30.7 Å². The molecular weight excluding hydrogens is 556 g/mol. The lowest BCUT2D eigenvalue weighted by Gasteiger charge is -2.05. The number of carbonyl (C=O) groups excluding carboxylic acids is 2. The van der Waals surface area contributed by atoms with E-state index in [1.807, 2.05) is 0 Å². The van der Waals surface area contributed by atoms with Gasteiger partial charge in [-0.25, -0.2) is 0 Å². The van der Waals surface area contributed by atoms with Gasteiger partial charge in [-0.05, 0) is 68.3 Å². The summed E-state index contributed by atoms with van der Waals surface area (Å²) in [5.41, 5.74) is 1.17. The van der Waals surface area contributed by atoms with Gasteiger partial charge in [0, 0.05) is 16.5 Å². The van der Waals surface area contributed by atoms with E-state index in [1.54, 1.807) is 42.5 Å². The first kappa shape index (κ1) is 28.5. The Hall–Kier alpha value is -1.70. The van der Waals surface area contributed by atoms with Crippen LogP contribution in [-0.2, 0) is 0 Å². The van der Waals surface area contributed by atoms with Crippen molar-refractivity contribution in [3.63, 3.8) is 0 Å². The van der Waals surface area contributed by atoms with Gasteiger partial charge in [0.05, 0.1) is 8.95 Å². The number of aldehydes is 2. The Labute approximate surface area is 191 Å². The van der Waals surface area contributed by atoms with Crippen molar-refractivity contribution in [2.45, 2.75) is 7.43 Å². The third-order valence-corrected chi connectivity index (χ3v) is 4.38. The number of hydrogen-bond donors (Lipinski definition) is 1. The second-order valence-electron chi connectivity index (χ2n) is 4.68. The van der Waals surface area contributed by atoms with Gasteiger partial charge in [0.15, 0.2) is 0 Å². The van der Waals surface area contributed by atoms with Crippen molar-refractivity contribution in [3.05, 3.63) is 81.8 Å². The van der Waals surface area contributed by atoms with E-state index in [4.69, 9.17) is 9.84 Å². The summed E-state index contributed by atoms with van der Waals surface area (Å²) in [5, 5.41) is 9.87. The fourth-order valence-corrected chi connectivity index (χ4v) is 2.36.